The quantitative estimate of drug-likeness (QED) is 0.0782. The number of imidazole rings is 1. The summed E-state index contributed by atoms with van der Waals surface area (Å²) in [6.45, 7) is 20.5. The zero-order chi connectivity index (χ0) is 34.2. The summed E-state index contributed by atoms with van der Waals surface area (Å²) in [5.41, 5.74) is 3.32. The van der Waals surface area contributed by atoms with Crippen molar-refractivity contribution >= 4 is 53.2 Å². The molecule has 1 atom stereocenters. The van der Waals surface area contributed by atoms with Crippen molar-refractivity contribution < 1.29 is 23.6 Å². The molecule has 4 rings (SSSR count). The van der Waals surface area contributed by atoms with E-state index in [4.69, 9.17) is 23.6 Å². The second kappa shape index (κ2) is 13.2. The van der Waals surface area contributed by atoms with E-state index in [1.54, 1.807) is 25.4 Å². The highest BCUT2D eigenvalue weighted by atomic mass is 32.2. The van der Waals surface area contributed by atoms with Crippen LogP contribution in [0.4, 0.5) is 4.79 Å². The minimum absolute atomic E-state index is 0.166. The molecule has 0 fully saturated rings. The molecular weight excluding hydrogens is 619 g/mol. The lowest BCUT2D eigenvalue weighted by atomic mass is 10.0. The second-order valence-corrected chi connectivity index (χ2v) is 22.1. The number of hydrogen-bond acceptors (Lipinski definition) is 8. The monoisotopic (exact) mass is 663 g/mol. The van der Waals surface area contributed by atoms with Crippen molar-refractivity contribution in [2.24, 2.45) is 4.40 Å². The largest absolute Gasteiger partial charge is 0.591 e. The molecule has 0 spiro atoms. The summed E-state index contributed by atoms with van der Waals surface area (Å²) < 4.78 is 39.2. The number of ether oxygens (including phenoxy) is 3. The third-order valence-electron chi connectivity index (χ3n) is 7.17. The van der Waals surface area contributed by atoms with Gasteiger partial charge >= 0.3 is 6.09 Å². The Labute approximate surface area is 275 Å². The van der Waals surface area contributed by atoms with Crippen molar-refractivity contribution in [3.05, 3.63) is 59.0 Å². The molecule has 2 aromatic carbocycles. The van der Waals surface area contributed by atoms with E-state index in [0.717, 1.165) is 17.1 Å². The summed E-state index contributed by atoms with van der Waals surface area (Å²) in [7, 11) is 0.211. The van der Waals surface area contributed by atoms with Crippen LogP contribution in [-0.2, 0) is 27.6 Å². The molecule has 2 aromatic heterocycles. The van der Waals surface area contributed by atoms with Gasteiger partial charge in [-0.1, -0.05) is 24.0 Å². The van der Waals surface area contributed by atoms with Crippen LogP contribution in [0.5, 0.6) is 5.75 Å². The van der Waals surface area contributed by atoms with Gasteiger partial charge in [-0.3, -0.25) is 9.13 Å². The first kappa shape index (κ1) is 35.2. The number of benzene rings is 2. The predicted octanol–water partition coefficient (Wildman–Crippen LogP) is 7.57. The Morgan fingerprint density at radius 3 is 2.41 bits per heavy atom. The highest BCUT2D eigenvalue weighted by molar-refractivity contribution is 7.91. The molecule has 46 heavy (non-hydrogen) atoms. The van der Waals surface area contributed by atoms with Crippen LogP contribution in [0.15, 0.2) is 40.9 Å². The highest BCUT2D eigenvalue weighted by Crippen LogP contribution is 2.36. The van der Waals surface area contributed by atoms with E-state index in [2.05, 4.69) is 25.7 Å². The van der Waals surface area contributed by atoms with Gasteiger partial charge in [0.2, 0.25) is 0 Å². The number of carbonyl (C=O) groups excluding carboxylic acids is 1. The summed E-state index contributed by atoms with van der Waals surface area (Å²) in [5.74, 6) is 0.886. The van der Waals surface area contributed by atoms with Crippen LogP contribution >= 0.6 is 0 Å². The normalized spacial score (nSPS) is 13.7. The van der Waals surface area contributed by atoms with Crippen LogP contribution in [0.1, 0.15) is 64.1 Å². The number of aryl methyl sites for hydroxylation is 1. The van der Waals surface area contributed by atoms with Gasteiger partial charge in [0.1, 0.15) is 34.2 Å². The predicted molar refractivity (Wildman–Crippen MR) is 187 cm³/mol. The van der Waals surface area contributed by atoms with Gasteiger partial charge in [-0.15, -0.1) is 0 Å². The van der Waals surface area contributed by atoms with Crippen LogP contribution in [0.25, 0.3) is 21.9 Å². The van der Waals surface area contributed by atoms with E-state index >= 15 is 0 Å². The Morgan fingerprint density at radius 2 is 1.83 bits per heavy atom. The van der Waals surface area contributed by atoms with Gasteiger partial charge in [-0.2, -0.15) is 5.26 Å². The first-order valence-electron chi connectivity index (χ1n) is 15.3. The van der Waals surface area contributed by atoms with Crippen LogP contribution in [0, 0.1) is 18.3 Å². The molecule has 1 unspecified atom stereocenters. The van der Waals surface area contributed by atoms with E-state index in [9.17, 15) is 14.6 Å². The zero-order valence-electron chi connectivity index (χ0n) is 28.8. The third kappa shape index (κ3) is 7.83. The minimum Gasteiger partial charge on any atom is -0.591 e. The first-order chi connectivity index (χ1) is 21.3. The number of carbonyl (C=O) groups is 1. The maximum atomic E-state index is 13.8. The van der Waals surface area contributed by atoms with Crippen molar-refractivity contribution in [2.45, 2.75) is 91.2 Å². The van der Waals surface area contributed by atoms with Crippen LogP contribution in [0.3, 0.4) is 0 Å². The average molecular weight is 664 g/mol. The Balaban J connectivity index is 2.04. The lowest BCUT2D eigenvalue weighted by molar-refractivity contribution is 0.0544. The number of hydrogen-bond donors (Lipinski definition) is 0. The molecule has 12 heteroatoms. The SMILES string of the molecule is COc1cc(C)c2c(ccn2C(=O)OC(C)(C)C)c1/C(=N\[S+]([O-])C(C)(C)C)c1nc2cc(C#N)ccc2n1COCC[Si](C)(C)C. The first-order valence-corrected chi connectivity index (χ1v) is 20.1. The summed E-state index contributed by atoms with van der Waals surface area (Å²) in [6.07, 6.45) is 1.14. The number of nitriles is 1. The topological polar surface area (TPSA) is 127 Å². The molecule has 0 aliphatic carbocycles. The van der Waals surface area contributed by atoms with Crippen LogP contribution < -0.4 is 4.74 Å². The number of aromatic nitrogens is 3. The Hall–Kier alpha value is -3.63. The molecule has 0 saturated heterocycles. The van der Waals surface area contributed by atoms with Gasteiger partial charge < -0.3 is 18.8 Å². The molecule has 10 nitrogen and oxygen atoms in total. The lowest BCUT2D eigenvalue weighted by Gasteiger charge is -2.22. The Morgan fingerprint density at radius 1 is 1.13 bits per heavy atom. The molecule has 4 aromatic rings. The summed E-state index contributed by atoms with van der Waals surface area (Å²) in [6, 6.07) is 12.1. The van der Waals surface area contributed by atoms with Crippen molar-refractivity contribution in [1.29, 1.82) is 5.26 Å². The maximum absolute atomic E-state index is 13.8. The summed E-state index contributed by atoms with van der Waals surface area (Å²) in [4.78, 5) is 18.3. The summed E-state index contributed by atoms with van der Waals surface area (Å²) in [5, 5.41) is 10.3. The second-order valence-electron chi connectivity index (χ2n) is 14.5. The van der Waals surface area contributed by atoms with E-state index in [1.807, 2.05) is 71.2 Å². The van der Waals surface area contributed by atoms with E-state index < -0.39 is 35.9 Å². The van der Waals surface area contributed by atoms with Gasteiger partial charge in [0.15, 0.2) is 11.5 Å². The van der Waals surface area contributed by atoms with Gasteiger partial charge in [0.25, 0.3) is 0 Å². The van der Waals surface area contributed by atoms with Gasteiger partial charge in [0.05, 0.1) is 40.9 Å². The van der Waals surface area contributed by atoms with Crippen LogP contribution in [0.2, 0.25) is 25.7 Å². The maximum Gasteiger partial charge on any atom is 0.419 e. The fourth-order valence-electron chi connectivity index (χ4n) is 4.84. The fraction of sp³-hybridized carbons (Fsp3) is 0.471. The average Bonchev–Trinajstić information content (AvgIpc) is 3.54. The molecule has 0 amide bonds. The standard InChI is InChI=1S/C34H45N5O5SSi/c1-22-18-27(42-8)28(24-14-15-38(30(22)24)32(40)44-33(2,3)4)29(37-45(41)34(5,6)7)31-36-25-19-23(20-35)12-13-26(25)39(31)21-43-16-17-46(9,10)11/h12-15,18-19H,16-17,21H2,1-11H3/b37-29+. The van der Waals surface area contributed by atoms with E-state index in [-0.39, 0.29) is 6.73 Å². The molecule has 0 aliphatic heterocycles. The van der Waals surface area contributed by atoms with Gasteiger partial charge in [-0.05, 0) is 90.4 Å². The van der Waals surface area contributed by atoms with Gasteiger partial charge in [0, 0.05) is 26.3 Å². The molecule has 0 bridgehead atoms. The van der Waals surface area contributed by atoms with Crippen molar-refractivity contribution in [3.8, 4) is 11.8 Å². The smallest absolute Gasteiger partial charge is 0.419 e. The van der Waals surface area contributed by atoms with Crippen molar-refractivity contribution in [2.75, 3.05) is 13.7 Å². The number of fused-ring (bicyclic) bond motifs is 2. The van der Waals surface area contributed by atoms with Gasteiger partial charge in [-0.25, -0.2) is 9.78 Å². The lowest BCUT2D eigenvalue weighted by Crippen LogP contribution is -2.28. The third-order valence-corrected chi connectivity index (χ3v) is 10.3. The molecular formula is C34H45N5O5SSi. The van der Waals surface area contributed by atoms with Crippen molar-refractivity contribution in [1.82, 2.24) is 14.1 Å². The number of methoxy groups -OCH3 is 1. The molecule has 0 saturated carbocycles. The highest BCUT2D eigenvalue weighted by Gasteiger charge is 2.33. The molecule has 246 valence electrons. The Bertz CT molecular complexity index is 1830. The van der Waals surface area contributed by atoms with Crippen LogP contribution in [-0.4, -0.2) is 62.6 Å². The zero-order valence-corrected chi connectivity index (χ0v) is 30.6. The number of nitrogens with zero attached hydrogens (tertiary/aromatic N) is 5. The van der Waals surface area contributed by atoms with E-state index in [1.165, 1.54) is 4.57 Å². The fourth-order valence-corrected chi connectivity index (χ4v) is 6.21. The van der Waals surface area contributed by atoms with Crippen molar-refractivity contribution in [3.63, 3.8) is 0 Å². The molecule has 0 aliphatic rings. The summed E-state index contributed by atoms with van der Waals surface area (Å²) >= 11 is -1.70. The molecule has 2 heterocycles. The Kier molecular flexibility index (Phi) is 10.1. The molecule has 0 radical (unpaired) electrons. The number of rotatable bonds is 9. The molecule has 0 N–H and O–H groups in total. The minimum atomic E-state index is -1.70. The van der Waals surface area contributed by atoms with E-state index in [0.29, 0.717) is 51.4 Å².